The van der Waals surface area contributed by atoms with Gasteiger partial charge in [0.25, 0.3) is 11.6 Å². The molecule has 0 aliphatic heterocycles. The van der Waals surface area contributed by atoms with Crippen LogP contribution in [0, 0.1) is 10.1 Å². The molecule has 0 heterocycles. The van der Waals surface area contributed by atoms with Gasteiger partial charge in [0, 0.05) is 23.3 Å². The molecule has 0 bridgehead atoms. The van der Waals surface area contributed by atoms with Crippen molar-refractivity contribution in [2.45, 2.75) is 0 Å². The van der Waals surface area contributed by atoms with E-state index in [0.29, 0.717) is 0 Å². The SMILES string of the molecule is O=C(N/N=C/c1cc(Cl)c(O)c(Cl)c1O)c1ccc([N+](=O)[O-])cc1. The van der Waals surface area contributed by atoms with E-state index in [2.05, 4.69) is 10.5 Å². The molecule has 0 aromatic heterocycles. The number of nitrogens with one attached hydrogen (secondary N) is 1. The lowest BCUT2D eigenvalue weighted by atomic mass is 10.2. The molecule has 24 heavy (non-hydrogen) atoms. The predicted molar refractivity (Wildman–Crippen MR) is 87.9 cm³/mol. The van der Waals surface area contributed by atoms with Gasteiger partial charge < -0.3 is 10.2 Å². The van der Waals surface area contributed by atoms with Gasteiger partial charge in [-0.15, -0.1) is 0 Å². The van der Waals surface area contributed by atoms with Gasteiger partial charge in [-0.1, -0.05) is 23.2 Å². The number of carbonyl (C=O) groups is 1. The van der Waals surface area contributed by atoms with Crippen LogP contribution in [0.1, 0.15) is 15.9 Å². The first kappa shape index (κ1) is 17.5. The maximum Gasteiger partial charge on any atom is 0.271 e. The average Bonchev–Trinajstić information content (AvgIpc) is 2.57. The summed E-state index contributed by atoms with van der Waals surface area (Å²) in [4.78, 5) is 21.8. The number of nitro benzene ring substituents is 1. The van der Waals surface area contributed by atoms with Crippen molar-refractivity contribution in [2.75, 3.05) is 0 Å². The second kappa shape index (κ2) is 7.16. The van der Waals surface area contributed by atoms with Crippen LogP contribution in [-0.2, 0) is 0 Å². The number of nitro groups is 1. The number of halogens is 2. The van der Waals surface area contributed by atoms with Gasteiger partial charge in [-0.2, -0.15) is 5.10 Å². The van der Waals surface area contributed by atoms with Gasteiger partial charge >= 0.3 is 0 Å². The molecule has 0 spiro atoms. The zero-order valence-corrected chi connectivity index (χ0v) is 13.2. The van der Waals surface area contributed by atoms with Crippen molar-refractivity contribution in [2.24, 2.45) is 5.10 Å². The Morgan fingerprint density at radius 2 is 1.83 bits per heavy atom. The molecule has 0 aliphatic carbocycles. The molecule has 10 heteroatoms. The van der Waals surface area contributed by atoms with E-state index in [1.807, 2.05) is 0 Å². The van der Waals surface area contributed by atoms with Crippen LogP contribution in [0.25, 0.3) is 0 Å². The smallest absolute Gasteiger partial charge is 0.271 e. The van der Waals surface area contributed by atoms with Crippen LogP contribution in [0.15, 0.2) is 35.4 Å². The number of carbonyl (C=O) groups excluding carboxylic acids is 1. The molecule has 2 aromatic rings. The van der Waals surface area contributed by atoms with Crippen LogP contribution in [0.5, 0.6) is 11.5 Å². The normalized spacial score (nSPS) is 10.8. The Morgan fingerprint density at radius 1 is 1.21 bits per heavy atom. The molecule has 1 amide bonds. The van der Waals surface area contributed by atoms with E-state index >= 15 is 0 Å². The molecule has 3 N–H and O–H groups in total. The number of hydrogen-bond acceptors (Lipinski definition) is 6. The van der Waals surface area contributed by atoms with Crippen molar-refractivity contribution in [3.05, 3.63) is 61.6 Å². The first-order valence-corrected chi connectivity index (χ1v) is 7.04. The van der Waals surface area contributed by atoms with E-state index in [-0.39, 0.29) is 26.9 Å². The fourth-order valence-corrected chi connectivity index (χ4v) is 2.15. The van der Waals surface area contributed by atoms with E-state index in [1.165, 1.54) is 30.3 Å². The summed E-state index contributed by atoms with van der Waals surface area (Å²) in [5, 5.41) is 32.9. The lowest BCUT2D eigenvalue weighted by Crippen LogP contribution is -2.17. The quantitative estimate of drug-likeness (QED) is 0.433. The summed E-state index contributed by atoms with van der Waals surface area (Å²) in [6.07, 6.45) is 1.08. The monoisotopic (exact) mass is 369 g/mol. The molecule has 8 nitrogen and oxygen atoms in total. The van der Waals surface area contributed by atoms with Gasteiger partial charge in [0.15, 0.2) is 5.75 Å². The summed E-state index contributed by atoms with van der Waals surface area (Å²) >= 11 is 11.4. The van der Waals surface area contributed by atoms with Gasteiger partial charge in [-0.05, 0) is 18.2 Å². The molecule has 2 rings (SSSR count). The molecule has 2 aromatic carbocycles. The van der Waals surface area contributed by atoms with Crippen molar-refractivity contribution in [3.63, 3.8) is 0 Å². The second-order valence-corrected chi connectivity index (χ2v) is 5.25. The number of aromatic hydroxyl groups is 2. The molecule has 0 atom stereocenters. The third-order valence-electron chi connectivity index (χ3n) is 2.91. The number of phenols is 2. The summed E-state index contributed by atoms with van der Waals surface area (Å²) in [5.41, 5.74) is 2.26. The van der Waals surface area contributed by atoms with Crippen molar-refractivity contribution in [3.8, 4) is 11.5 Å². The van der Waals surface area contributed by atoms with Gasteiger partial charge in [0.1, 0.15) is 10.8 Å². The molecule has 0 fully saturated rings. The van der Waals surface area contributed by atoms with Crippen LogP contribution < -0.4 is 5.43 Å². The molecular formula is C14H9Cl2N3O5. The fraction of sp³-hybridized carbons (Fsp3) is 0. The zero-order chi connectivity index (χ0) is 17.9. The Hall–Kier alpha value is -2.84. The number of hydrogen-bond donors (Lipinski definition) is 3. The highest BCUT2D eigenvalue weighted by Gasteiger charge is 2.14. The minimum Gasteiger partial charge on any atom is -0.506 e. The van der Waals surface area contributed by atoms with Crippen LogP contribution in [0.3, 0.4) is 0 Å². The molecular weight excluding hydrogens is 361 g/mol. The summed E-state index contributed by atoms with van der Waals surface area (Å²) < 4.78 is 0. The largest absolute Gasteiger partial charge is 0.506 e. The van der Waals surface area contributed by atoms with Crippen LogP contribution in [-0.4, -0.2) is 27.3 Å². The van der Waals surface area contributed by atoms with E-state index in [4.69, 9.17) is 23.2 Å². The second-order valence-electron chi connectivity index (χ2n) is 4.46. The van der Waals surface area contributed by atoms with Gasteiger partial charge in [0.2, 0.25) is 0 Å². The maximum atomic E-state index is 11.8. The van der Waals surface area contributed by atoms with Crippen molar-refractivity contribution in [1.29, 1.82) is 0 Å². The number of non-ortho nitro benzene ring substituents is 1. The first-order chi connectivity index (χ1) is 11.3. The summed E-state index contributed by atoms with van der Waals surface area (Å²) in [6.45, 7) is 0. The predicted octanol–water partition coefficient (Wildman–Crippen LogP) is 3.08. The Kier molecular flexibility index (Phi) is 5.22. The lowest BCUT2D eigenvalue weighted by molar-refractivity contribution is -0.384. The lowest BCUT2D eigenvalue weighted by Gasteiger charge is -2.05. The number of nitrogens with zero attached hydrogens (tertiary/aromatic N) is 2. The fourth-order valence-electron chi connectivity index (χ4n) is 1.67. The van der Waals surface area contributed by atoms with Crippen LogP contribution in [0.4, 0.5) is 5.69 Å². The topological polar surface area (TPSA) is 125 Å². The molecule has 0 saturated heterocycles. The summed E-state index contributed by atoms with van der Waals surface area (Å²) in [7, 11) is 0. The number of benzene rings is 2. The number of rotatable bonds is 4. The highest BCUT2D eigenvalue weighted by atomic mass is 35.5. The third kappa shape index (κ3) is 3.73. The van der Waals surface area contributed by atoms with Gasteiger partial charge in [-0.3, -0.25) is 14.9 Å². The standard InChI is InChI=1S/C14H9Cl2N3O5/c15-10-5-8(12(20)11(16)13(10)21)6-17-18-14(22)7-1-3-9(4-2-7)19(23)24/h1-6,20-21H,(H,18,22)/b17-6+. The molecule has 0 aliphatic rings. The van der Waals surface area contributed by atoms with E-state index in [0.717, 1.165) is 6.21 Å². The van der Waals surface area contributed by atoms with Gasteiger partial charge in [0.05, 0.1) is 16.2 Å². The number of amides is 1. The zero-order valence-electron chi connectivity index (χ0n) is 11.7. The highest BCUT2D eigenvalue weighted by Crippen LogP contribution is 2.40. The summed E-state index contributed by atoms with van der Waals surface area (Å²) in [6, 6.07) is 6.12. The van der Waals surface area contributed by atoms with Crippen molar-refractivity contribution in [1.82, 2.24) is 5.43 Å². The molecule has 0 radical (unpaired) electrons. The average molecular weight is 370 g/mol. The van der Waals surface area contributed by atoms with E-state index in [1.54, 1.807) is 0 Å². The minimum atomic E-state index is -0.614. The minimum absolute atomic E-state index is 0.0757. The molecule has 124 valence electrons. The number of phenolic OH excluding ortho intramolecular Hbond substituents is 2. The van der Waals surface area contributed by atoms with Crippen molar-refractivity contribution >= 4 is 41.0 Å². The highest BCUT2D eigenvalue weighted by molar-refractivity contribution is 6.38. The Balaban J connectivity index is 2.11. The molecule has 0 saturated carbocycles. The van der Waals surface area contributed by atoms with Crippen LogP contribution in [0.2, 0.25) is 10.0 Å². The molecule has 0 unspecified atom stereocenters. The van der Waals surface area contributed by atoms with E-state index < -0.39 is 22.3 Å². The Morgan fingerprint density at radius 3 is 2.42 bits per heavy atom. The summed E-state index contributed by atoms with van der Waals surface area (Å²) in [5.74, 6) is -1.54. The maximum absolute atomic E-state index is 11.8. The Labute approximate surface area is 145 Å². The van der Waals surface area contributed by atoms with Crippen LogP contribution >= 0.6 is 23.2 Å². The Bertz CT molecular complexity index is 837. The van der Waals surface area contributed by atoms with E-state index in [9.17, 15) is 25.1 Å². The number of hydrazone groups is 1. The third-order valence-corrected chi connectivity index (χ3v) is 3.55. The first-order valence-electron chi connectivity index (χ1n) is 6.29. The van der Waals surface area contributed by atoms with Crippen molar-refractivity contribution < 1.29 is 19.9 Å². The van der Waals surface area contributed by atoms with Gasteiger partial charge in [-0.25, -0.2) is 5.43 Å².